The number of para-hydroxylation sites is 1. The van der Waals surface area contributed by atoms with Crippen molar-refractivity contribution >= 4 is 15.8 Å². The maximum atomic E-state index is 11.6. The van der Waals surface area contributed by atoms with Gasteiger partial charge in [0.15, 0.2) is 5.69 Å². The van der Waals surface area contributed by atoms with E-state index in [0.717, 1.165) is 10.8 Å². The molecule has 8 heteroatoms. The molecule has 0 fully saturated rings. The molecule has 0 saturated carbocycles. The Balaban J connectivity index is 2.86. The molecule has 0 saturated heterocycles. The van der Waals surface area contributed by atoms with E-state index in [-0.39, 0.29) is 22.2 Å². The van der Waals surface area contributed by atoms with Crippen molar-refractivity contribution < 1.29 is 23.4 Å². The number of phenolic OH excluding ortho intramolecular Hbond substituents is 1. The summed E-state index contributed by atoms with van der Waals surface area (Å²) < 4.78 is 24.4. The van der Waals surface area contributed by atoms with Gasteiger partial charge in [0.1, 0.15) is 5.75 Å². The quantitative estimate of drug-likeness (QED) is 0.870. The molecular weight excluding hydrogens is 284 g/mol. The van der Waals surface area contributed by atoms with Crippen LogP contribution in [0.1, 0.15) is 10.5 Å². The predicted molar refractivity (Wildman–Crippen MR) is 70.4 cm³/mol. The van der Waals surface area contributed by atoms with Gasteiger partial charge in [0, 0.05) is 18.9 Å². The largest absolute Gasteiger partial charge is 0.507 e. The van der Waals surface area contributed by atoms with E-state index in [9.17, 15) is 18.3 Å². The molecule has 1 heterocycles. The van der Waals surface area contributed by atoms with E-state index in [1.54, 1.807) is 12.1 Å². The molecule has 0 aliphatic rings. The number of carboxylic acid groups (broad SMARTS) is 1. The highest BCUT2D eigenvalue weighted by atomic mass is 32.2. The topological polar surface area (TPSA) is 109 Å². The molecule has 2 aromatic rings. The number of rotatable bonds is 3. The number of imidazole rings is 1. The third-order valence-electron chi connectivity index (χ3n) is 2.75. The smallest absolute Gasteiger partial charge is 0.356 e. The van der Waals surface area contributed by atoms with E-state index in [1.165, 1.54) is 19.2 Å². The first-order chi connectivity index (χ1) is 9.23. The van der Waals surface area contributed by atoms with Crippen LogP contribution in [0.5, 0.6) is 5.75 Å². The summed E-state index contributed by atoms with van der Waals surface area (Å²) in [7, 11) is -2.30. The molecule has 1 aromatic carbocycles. The van der Waals surface area contributed by atoms with Gasteiger partial charge in [0.2, 0.25) is 15.0 Å². The number of carbonyl (C=O) groups is 1. The van der Waals surface area contributed by atoms with Gasteiger partial charge in [-0.05, 0) is 12.1 Å². The summed E-state index contributed by atoms with van der Waals surface area (Å²) in [4.78, 5) is 14.9. The molecule has 20 heavy (non-hydrogen) atoms. The van der Waals surface area contributed by atoms with Crippen LogP contribution in [0.15, 0.2) is 29.4 Å². The second-order valence-electron chi connectivity index (χ2n) is 4.25. The summed E-state index contributed by atoms with van der Waals surface area (Å²) >= 11 is 0. The third kappa shape index (κ3) is 2.25. The summed E-state index contributed by atoms with van der Waals surface area (Å²) in [6, 6.07) is 6.06. The first-order valence-electron chi connectivity index (χ1n) is 5.52. The lowest BCUT2D eigenvalue weighted by atomic mass is 10.1. The monoisotopic (exact) mass is 296 g/mol. The highest BCUT2D eigenvalue weighted by Gasteiger charge is 2.27. The molecule has 0 bridgehead atoms. The Morgan fingerprint density at radius 2 is 1.90 bits per heavy atom. The number of nitrogens with zero attached hydrogens (tertiary/aromatic N) is 2. The molecule has 0 atom stereocenters. The Morgan fingerprint density at radius 3 is 2.40 bits per heavy atom. The van der Waals surface area contributed by atoms with Crippen LogP contribution in [0.4, 0.5) is 0 Å². The number of aromatic hydroxyl groups is 1. The average molecular weight is 296 g/mol. The van der Waals surface area contributed by atoms with Gasteiger partial charge in [0.05, 0.1) is 5.69 Å². The third-order valence-corrected chi connectivity index (χ3v) is 3.78. The molecule has 0 aliphatic heterocycles. The number of aromatic nitrogens is 2. The number of hydrogen-bond donors (Lipinski definition) is 2. The van der Waals surface area contributed by atoms with Crippen molar-refractivity contribution in [2.75, 3.05) is 6.26 Å². The van der Waals surface area contributed by atoms with Gasteiger partial charge in [-0.2, -0.15) is 0 Å². The minimum absolute atomic E-state index is 0.0380. The van der Waals surface area contributed by atoms with Crippen molar-refractivity contribution in [2.45, 2.75) is 5.16 Å². The highest BCUT2D eigenvalue weighted by molar-refractivity contribution is 7.90. The fourth-order valence-corrected chi connectivity index (χ4v) is 2.79. The Kier molecular flexibility index (Phi) is 3.26. The lowest BCUT2D eigenvalue weighted by Gasteiger charge is -2.07. The van der Waals surface area contributed by atoms with Crippen LogP contribution in [-0.2, 0) is 16.9 Å². The second-order valence-corrected chi connectivity index (χ2v) is 6.15. The molecule has 106 valence electrons. The summed E-state index contributed by atoms with van der Waals surface area (Å²) in [6.45, 7) is 0. The Morgan fingerprint density at radius 1 is 1.30 bits per heavy atom. The van der Waals surface area contributed by atoms with Crippen molar-refractivity contribution in [3.8, 4) is 17.0 Å². The van der Waals surface area contributed by atoms with Crippen LogP contribution in [0, 0.1) is 0 Å². The molecule has 2 N–H and O–H groups in total. The fraction of sp³-hybridized carbons (Fsp3) is 0.167. The summed E-state index contributed by atoms with van der Waals surface area (Å²) in [5.41, 5.74) is -0.180. The van der Waals surface area contributed by atoms with Crippen LogP contribution in [0.2, 0.25) is 0 Å². The van der Waals surface area contributed by atoms with Crippen molar-refractivity contribution in [3.63, 3.8) is 0 Å². The van der Waals surface area contributed by atoms with Crippen molar-refractivity contribution in [1.29, 1.82) is 0 Å². The highest BCUT2D eigenvalue weighted by Crippen LogP contribution is 2.32. The number of hydrogen-bond acceptors (Lipinski definition) is 5. The number of phenols is 1. The van der Waals surface area contributed by atoms with Crippen molar-refractivity contribution in [3.05, 3.63) is 30.0 Å². The summed E-state index contributed by atoms with van der Waals surface area (Å²) in [6.07, 6.45) is 0.940. The Hall–Kier alpha value is -2.35. The summed E-state index contributed by atoms with van der Waals surface area (Å²) in [5, 5.41) is 18.6. The molecule has 0 unspecified atom stereocenters. The van der Waals surface area contributed by atoms with Gasteiger partial charge in [-0.25, -0.2) is 18.2 Å². The minimum Gasteiger partial charge on any atom is -0.507 e. The lowest BCUT2D eigenvalue weighted by Crippen LogP contribution is -2.06. The standard InChI is InChI=1S/C12H12N2O5S/c1-14-10(7-5-3-4-6-8(7)15)9(11(16)17)13-12(14)20(2,18)19/h3-6,15H,1-2H3,(H,16,17). The molecule has 1 aromatic heterocycles. The van der Waals surface area contributed by atoms with E-state index >= 15 is 0 Å². The van der Waals surface area contributed by atoms with Gasteiger partial charge >= 0.3 is 5.97 Å². The SMILES string of the molecule is Cn1c(S(C)(=O)=O)nc(C(=O)O)c1-c1ccccc1O. The molecule has 2 rings (SSSR count). The molecule has 7 nitrogen and oxygen atoms in total. The molecule has 0 amide bonds. The van der Waals surface area contributed by atoms with E-state index in [0.29, 0.717) is 0 Å². The van der Waals surface area contributed by atoms with Crippen LogP contribution in [0.25, 0.3) is 11.3 Å². The average Bonchev–Trinajstić information content (AvgIpc) is 2.67. The van der Waals surface area contributed by atoms with Crippen LogP contribution < -0.4 is 0 Å². The number of carboxylic acids is 1. The normalized spacial score (nSPS) is 11.5. The molecular formula is C12H12N2O5S. The number of sulfone groups is 1. The second kappa shape index (κ2) is 4.64. The van der Waals surface area contributed by atoms with Gasteiger partial charge in [-0.1, -0.05) is 12.1 Å². The van der Waals surface area contributed by atoms with E-state index in [2.05, 4.69) is 4.98 Å². The maximum absolute atomic E-state index is 11.6. The van der Waals surface area contributed by atoms with Gasteiger partial charge in [-0.15, -0.1) is 0 Å². The fourth-order valence-electron chi connectivity index (χ4n) is 1.94. The van der Waals surface area contributed by atoms with Crippen LogP contribution >= 0.6 is 0 Å². The maximum Gasteiger partial charge on any atom is 0.356 e. The van der Waals surface area contributed by atoms with Gasteiger partial charge < -0.3 is 14.8 Å². The predicted octanol–water partition coefficient (Wildman–Crippen LogP) is 0.894. The first kappa shape index (κ1) is 14.1. The molecule has 0 radical (unpaired) electrons. The van der Waals surface area contributed by atoms with E-state index in [1.807, 2.05) is 0 Å². The van der Waals surface area contributed by atoms with Gasteiger partial charge in [0.25, 0.3) is 0 Å². The number of benzene rings is 1. The van der Waals surface area contributed by atoms with Crippen molar-refractivity contribution in [1.82, 2.24) is 9.55 Å². The molecule has 0 spiro atoms. The zero-order chi connectivity index (χ0) is 15.1. The summed E-state index contributed by atoms with van der Waals surface area (Å²) in [5.74, 6) is -1.52. The van der Waals surface area contributed by atoms with Crippen LogP contribution in [0.3, 0.4) is 0 Å². The Labute approximate surface area is 115 Å². The van der Waals surface area contributed by atoms with Crippen LogP contribution in [-0.4, -0.2) is 40.4 Å². The lowest BCUT2D eigenvalue weighted by molar-refractivity contribution is 0.0691. The van der Waals surface area contributed by atoms with Crippen molar-refractivity contribution in [2.24, 2.45) is 7.05 Å². The first-order valence-corrected chi connectivity index (χ1v) is 7.41. The van der Waals surface area contributed by atoms with E-state index < -0.39 is 21.5 Å². The van der Waals surface area contributed by atoms with E-state index in [4.69, 9.17) is 5.11 Å². The number of aromatic carboxylic acids is 1. The van der Waals surface area contributed by atoms with Gasteiger partial charge in [-0.3, -0.25) is 0 Å². The zero-order valence-electron chi connectivity index (χ0n) is 10.7. The molecule has 0 aliphatic carbocycles. The zero-order valence-corrected chi connectivity index (χ0v) is 11.5. The Bertz CT molecular complexity index is 792. The minimum atomic E-state index is -3.68.